The van der Waals surface area contributed by atoms with Crippen LogP contribution in [-0.4, -0.2) is 37.8 Å². The summed E-state index contributed by atoms with van der Waals surface area (Å²) in [4.78, 5) is 36.6. The van der Waals surface area contributed by atoms with Gasteiger partial charge in [-0.05, 0) is 24.3 Å². The lowest BCUT2D eigenvalue weighted by atomic mass is 9.69. The number of hydrogen-bond donors (Lipinski definition) is 1. The lowest BCUT2D eigenvalue weighted by Crippen LogP contribution is -2.58. The summed E-state index contributed by atoms with van der Waals surface area (Å²) < 4.78 is 14.9. The molecule has 3 aliphatic carbocycles. The van der Waals surface area contributed by atoms with E-state index in [-0.39, 0.29) is 24.4 Å². The second-order valence-electron chi connectivity index (χ2n) is 6.51. The summed E-state index contributed by atoms with van der Waals surface area (Å²) in [5.41, 5.74) is -0.389. The van der Waals surface area contributed by atoms with Crippen molar-refractivity contribution in [3.63, 3.8) is 0 Å². The Kier molecular flexibility index (Phi) is 4.65. The zero-order chi connectivity index (χ0) is 18.0. The summed E-state index contributed by atoms with van der Waals surface area (Å²) in [7, 11) is 2.59. The summed E-state index contributed by atoms with van der Waals surface area (Å²) in [5, 5.41) is 2.67. The average molecular weight is 347 g/mol. The molecule has 4 unspecified atom stereocenters. The minimum absolute atomic E-state index is 0.00553. The summed E-state index contributed by atoms with van der Waals surface area (Å²) in [5.74, 6) is -1.62. The van der Waals surface area contributed by atoms with Gasteiger partial charge in [0.15, 0.2) is 0 Å². The van der Waals surface area contributed by atoms with Crippen LogP contribution >= 0.6 is 0 Å². The largest absolute Gasteiger partial charge is 0.469 e. The van der Waals surface area contributed by atoms with Gasteiger partial charge in [-0.3, -0.25) is 4.79 Å². The van der Waals surface area contributed by atoms with E-state index >= 15 is 0 Å². The normalized spacial score (nSPS) is 29.3. The fraction of sp³-hybridized carbons (Fsp3) is 0.500. The maximum Gasteiger partial charge on any atom is 0.408 e. The molecule has 134 valence electrons. The Morgan fingerprint density at radius 1 is 1.16 bits per heavy atom. The van der Waals surface area contributed by atoms with Crippen LogP contribution in [-0.2, 0) is 30.4 Å². The molecule has 4 atom stereocenters. The molecule has 7 nitrogen and oxygen atoms in total. The van der Waals surface area contributed by atoms with Crippen molar-refractivity contribution in [1.82, 2.24) is 5.32 Å². The number of rotatable bonds is 5. The van der Waals surface area contributed by atoms with Crippen molar-refractivity contribution in [3.05, 3.63) is 35.9 Å². The third-order valence-corrected chi connectivity index (χ3v) is 5.28. The number of nitrogens with one attached hydrogen (secondary N) is 1. The zero-order valence-corrected chi connectivity index (χ0v) is 14.2. The number of carbonyl (C=O) groups is 3. The first-order chi connectivity index (χ1) is 12.0. The molecule has 0 saturated heterocycles. The Bertz CT molecular complexity index is 675. The molecule has 4 rings (SSSR count). The van der Waals surface area contributed by atoms with E-state index in [1.165, 1.54) is 14.2 Å². The Balaban J connectivity index is 1.69. The Labute approximate surface area is 145 Å². The van der Waals surface area contributed by atoms with Gasteiger partial charge in [0.2, 0.25) is 0 Å². The molecule has 0 aromatic heterocycles. The number of ether oxygens (including phenoxy) is 3. The number of carbonyl (C=O) groups excluding carboxylic acids is 3. The first-order valence-electron chi connectivity index (χ1n) is 8.17. The molecular formula is C18H21NO6. The molecule has 1 aromatic rings. The smallest absolute Gasteiger partial charge is 0.408 e. The highest BCUT2D eigenvalue weighted by Crippen LogP contribution is 2.59. The number of benzene rings is 1. The van der Waals surface area contributed by atoms with Gasteiger partial charge in [0, 0.05) is 5.92 Å². The monoisotopic (exact) mass is 347 g/mol. The van der Waals surface area contributed by atoms with Gasteiger partial charge >= 0.3 is 18.0 Å². The average Bonchev–Trinajstić information content (AvgIpc) is 3.14. The van der Waals surface area contributed by atoms with Crippen molar-refractivity contribution in [2.75, 3.05) is 14.2 Å². The molecule has 1 aromatic carbocycles. The highest BCUT2D eigenvalue weighted by molar-refractivity contribution is 5.89. The van der Waals surface area contributed by atoms with E-state index in [1.807, 2.05) is 30.3 Å². The van der Waals surface area contributed by atoms with Crippen molar-refractivity contribution >= 4 is 18.0 Å². The van der Waals surface area contributed by atoms with Gasteiger partial charge < -0.3 is 19.5 Å². The van der Waals surface area contributed by atoms with Gasteiger partial charge in [0.1, 0.15) is 12.1 Å². The standard InChI is InChI=1S/C18H21NO6/c1-23-15(20)14-12-8-13(14)18(9-12,16(21)24-2)19-17(22)25-10-11-6-4-3-5-7-11/h3-7,12-14H,8-10H2,1-2H3,(H,19,22). The van der Waals surface area contributed by atoms with Crippen LogP contribution in [0.3, 0.4) is 0 Å². The molecule has 7 heteroatoms. The van der Waals surface area contributed by atoms with Crippen LogP contribution in [0.15, 0.2) is 30.3 Å². The fourth-order valence-electron chi connectivity index (χ4n) is 4.08. The second kappa shape index (κ2) is 6.74. The van der Waals surface area contributed by atoms with E-state index in [0.717, 1.165) is 5.56 Å². The highest BCUT2D eigenvalue weighted by atomic mass is 16.6. The summed E-state index contributed by atoms with van der Waals surface area (Å²) in [6, 6.07) is 9.24. The third kappa shape index (κ3) is 2.94. The SMILES string of the molecule is COC(=O)C1C2CC1C(NC(=O)OCc1ccccc1)(C(=O)OC)C2. The maximum absolute atomic E-state index is 12.4. The lowest BCUT2D eigenvalue weighted by Gasteiger charge is -2.38. The van der Waals surface area contributed by atoms with Gasteiger partial charge in [-0.15, -0.1) is 0 Å². The molecular weight excluding hydrogens is 326 g/mol. The van der Waals surface area contributed by atoms with E-state index < -0.39 is 23.5 Å². The predicted octanol–water partition coefficient (Wildman–Crippen LogP) is 1.65. The van der Waals surface area contributed by atoms with Crippen LogP contribution in [0, 0.1) is 17.8 Å². The molecule has 1 N–H and O–H groups in total. The van der Waals surface area contributed by atoms with Crippen molar-refractivity contribution in [1.29, 1.82) is 0 Å². The summed E-state index contributed by atoms with van der Waals surface area (Å²) in [6.45, 7) is 0.0957. The van der Waals surface area contributed by atoms with Crippen LogP contribution in [0.4, 0.5) is 4.79 Å². The van der Waals surface area contributed by atoms with Gasteiger partial charge in [-0.1, -0.05) is 30.3 Å². The van der Waals surface area contributed by atoms with Gasteiger partial charge in [-0.2, -0.15) is 0 Å². The molecule has 3 saturated carbocycles. The third-order valence-electron chi connectivity index (χ3n) is 5.28. The van der Waals surface area contributed by atoms with Crippen molar-refractivity contribution in [2.45, 2.75) is 25.0 Å². The molecule has 0 heterocycles. The number of esters is 2. The Morgan fingerprint density at radius 2 is 1.88 bits per heavy atom. The Hall–Kier alpha value is -2.57. The topological polar surface area (TPSA) is 90.9 Å². The van der Waals surface area contributed by atoms with Crippen LogP contribution in [0.25, 0.3) is 0 Å². The number of fused-ring (bicyclic) bond motifs is 1. The van der Waals surface area contributed by atoms with E-state index in [0.29, 0.717) is 12.8 Å². The molecule has 3 fully saturated rings. The highest BCUT2D eigenvalue weighted by Gasteiger charge is 2.69. The van der Waals surface area contributed by atoms with E-state index in [4.69, 9.17) is 14.2 Å². The van der Waals surface area contributed by atoms with Crippen molar-refractivity contribution in [3.8, 4) is 0 Å². The Morgan fingerprint density at radius 3 is 2.52 bits per heavy atom. The van der Waals surface area contributed by atoms with Crippen LogP contribution in [0.5, 0.6) is 0 Å². The molecule has 0 aliphatic heterocycles. The molecule has 1 amide bonds. The van der Waals surface area contributed by atoms with Gasteiger partial charge in [-0.25, -0.2) is 9.59 Å². The van der Waals surface area contributed by atoms with E-state index in [1.54, 1.807) is 0 Å². The number of amides is 1. The van der Waals surface area contributed by atoms with Gasteiger partial charge in [0.25, 0.3) is 0 Å². The van der Waals surface area contributed by atoms with Crippen LogP contribution in [0.1, 0.15) is 18.4 Å². The minimum Gasteiger partial charge on any atom is -0.469 e. The molecule has 0 spiro atoms. The lowest BCUT2D eigenvalue weighted by molar-refractivity contribution is -0.157. The first kappa shape index (κ1) is 17.3. The molecule has 2 bridgehead atoms. The number of methoxy groups -OCH3 is 2. The predicted molar refractivity (Wildman–Crippen MR) is 86.2 cm³/mol. The second-order valence-corrected chi connectivity index (χ2v) is 6.51. The van der Waals surface area contributed by atoms with Crippen molar-refractivity contribution < 1.29 is 28.6 Å². The minimum atomic E-state index is -1.23. The van der Waals surface area contributed by atoms with Crippen LogP contribution in [0.2, 0.25) is 0 Å². The van der Waals surface area contributed by atoms with Crippen LogP contribution < -0.4 is 5.32 Å². The molecule has 0 radical (unpaired) electrons. The number of hydrogen-bond acceptors (Lipinski definition) is 6. The summed E-state index contributed by atoms with van der Waals surface area (Å²) >= 11 is 0. The number of alkyl carbamates (subject to hydrolysis) is 1. The van der Waals surface area contributed by atoms with Crippen molar-refractivity contribution in [2.24, 2.45) is 17.8 Å². The zero-order valence-electron chi connectivity index (χ0n) is 14.2. The molecule has 3 aliphatic rings. The van der Waals surface area contributed by atoms with E-state index in [2.05, 4.69) is 5.32 Å². The fourth-order valence-corrected chi connectivity index (χ4v) is 4.08. The molecule has 25 heavy (non-hydrogen) atoms. The maximum atomic E-state index is 12.4. The van der Waals surface area contributed by atoms with E-state index in [9.17, 15) is 14.4 Å². The summed E-state index contributed by atoms with van der Waals surface area (Å²) in [6.07, 6.45) is 0.323. The van der Waals surface area contributed by atoms with Gasteiger partial charge in [0.05, 0.1) is 20.1 Å². The quantitative estimate of drug-likeness (QED) is 0.643. The first-order valence-corrected chi connectivity index (χ1v) is 8.17.